The summed E-state index contributed by atoms with van der Waals surface area (Å²) in [6.07, 6.45) is -2.33. The Bertz CT molecular complexity index is 394. The lowest BCUT2D eigenvalue weighted by atomic mass is 10.3. The number of carboxylic acids is 2. The second-order valence-corrected chi connectivity index (χ2v) is 2.79. The van der Waals surface area contributed by atoms with Crippen molar-refractivity contribution in [2.45, 2.75) is 12.8 Å². The highest BCUT2D eigenvalue weighted by atomic mass is 17.5. The van der Waals surface area contributed by atoms with Crippen molar-refractivity contribution in [3.63, 3.8) is 0 Å². The van der Waals surface area contributed by atoms with Crippen LogP contribution in [0.15, 0.2) is 0 Å². The molecule has 19 heavy (non-hydrogen) atoms. The van der Waals surface area contributed by atoms with Gasteiger partial charge in [0.15, 0.2) is 0 Å². The van der Waals surface area contributed by atoms with Crippen molar-refractivity contribution in [2.75, 3.05) is 0 Å². The number of rotatable bonds is 8. The SMILES string of the molecule is O=C(CC(=O)C(=O)O)OOOC(=O)CC(=O)C(=O)O. The maximum absolute atomic E-state index is 10.7. The van der Waals surface area contributed by atoms with Gasteiger partial charge in [-0.2, -0.15) is 0 Å². The van der Waals surface area contributed by atoms with E-state index in [9.17, 15) is 28.8 Å². The predicted molar refractivity (Wildman–Crippen MR) is 47.8 cm³/mol. The Kier molecular flexibility index (Phi) is 6.38. The van der Waals surface area contributed by atoms with Crippen molar-refractivity contribution in [3.8, 4) is 0 Å². The zero-order valence-corrected chi connectivity index (χ0v) is 8.98. The Balaban J connectivity index is 3.91. The molecule has 0 heterocycles. The van der Waals surface area contributed by atoms with Crippen LogP contribution in [0.1, 0.15) is 12.8 Å². The van der Waals surface area contributed by atoms with Crippen LogP contribution in [0.3, 0.4) is 0 Å². The molecule has 0 saturated heterocycles. The van der Waals surface area contributed by atoms with Gasteiger partial charge < -0.3 is 10.2 Å². The highest BCUT2D eigenvalue weighted by Gasteiger charge is 2.21. The Labute approximate surface area is 103 Å². The van der Waals surface area contributed by atoms with Crippen LogP contribution in [-0.4, -0.2) is 45.7 Å². The molecule has 0 radical (unpaired) electrons. The summed E-state index contributed by atoms with van der Waals surface area (Å²) in [6, 6.07) is 0. The molecule has 0 aromatic heterocycles. The van der Waals surface area contributed by atoms with Gasteiger partial charge in [0, 0.05) is 5.04 Å². The van der Waals surface area contributed by atoms with E-state index >= 15 is 0 Å². The Hall–Kier alpha value is -2.82. The highest BCUT2D eigenvalue weighted by molar-refractivity contribution is 6.36. The first-order valence-corrected chi connectivity index (χ1v) is 4.33. The monoisotopic (exact) mass is 278 g/mol. The minimum absolute atomic E-state index is 1.17. The van der Waals surface area contributed by atoms with Gasteiger partial charge in [-0.05, 0) is 0 Å². The number of Topliss-reactive ketones (excluding diaryl/α,β-unsaturated/α-hetero) is 2. The van der Waals surface area contributed by atoms with Crippen LogP contribution in [0, 0.1) is 0 Å². The number of hydrogen-bond acceptors (Lipinski definition) is 9. The third-order valence-corrected chi connectivity index (χ3v) is 1.34. The zero-order chi connectivity index (χ0) is 15.0. The number of aliphatic carboxylic acids is 2. The van der Waals surface area contributed by atoms with Crippen LogP contribution in [0.2, 0.25) is 0 Å². The fourth-order valence-electron chi connectivity index (χ4n) is 0.565. The van der Waals surface area contributed by atoms with Crippen molar-refractivity contribution in [1.29, 1.82) is 0 Å². The largest absolute Gasteiger partial charge is 0.475 e. The summed E-state index contributed by atoms with van der Waals surface area (Å²) >= 11 is 0. The van der Waals surface area contributed by atoms with Gasteiger partial charge in [0.2, 0.25) is 0 Å². The average molecular weight is 278 g/mol. The molecule has 0 aromatic rings. The van der Waals surface area contributed by atoms with E-state index in [1.54, 1.807) is 0 Å². The molecule has 0 spiro atoms. The minimum Gasteiger partial charge on any atom is -0.475 e. The summed E-state index contributed by atoms with van der Waals surface area (Å²) in [5, 5.41) is 19.8. The summed E-state index contributed by atoms with van der Waals surface area (Å²) in [4.78, 5) is 69.7. The number of carbonyl (C=O) groups excluding carboxylic acids is 4. The van der Waals surface area contributed by atoms with Gasteiger partial charge in [-0.1, -0.05) is 0 Å². The first-order chi connectivity index (χ1) is 8.73. The number of ketones is 2. The van der Waals surface area contributed by atoms with E-state index in [-0.39, 0.29) is 0 Å². The van der Waals surface area contributed by atoms with Crippen LogP contribution < -0.4 is 0 Å². The molecule has 11 nitrogen and oxygen atoms in total. The smallest absolute Gasteiger partial charge is 0.372 e. The molecule has 0 amide bonds. The fraction of sp³-hybridized carbons (Fsp3) is 0.250. The Morgan fingerprint density at radius 3 is 1.26 bits per heavy atom. The van der Waals surface area contributed by atoms with E-state index in [4.69, 9.17) is 10.2 Å². The molecule has 0 aliphatic carbocycles. The van der Waals surface area contributed by atoms with Crippen molar-refractivity contribution in [1.82, 2.24) is 0 Å². The third-order valence-electron chi connectivity index (χ3n) is 1.34. The van der Waals surface area contributed by atoms with E-state index in [1.165, 1.54) is 0 Å². The maximum Gasteiger partial charge on any atom is 0.372 e. The first-order valence-electron chi connectivity index (χ1n) is 4.33. The number of carbonyl (C=O) groups is 6. The molecule has 104 valence electrons. The number of carboxylic acid groups (broad SMARTS) is 2. The molecule has 0 rings (SSSR count). The Morgan fingerprint density at radius 2 is 1.00 bits per heavy atom. The van der Waals surface area contributed by atoms with Gasteiger partial charge in [-0.3, -0.25) is 19.4 Å². The molecule has 2 N–H and O–H groups in total. The first kappa shape index (κ1) is 16.2. The maximum atomic E-state index is 10.7. The van der Waals surface area contributed by atoms with E-state index in [2.05, 4.69) is 14.8 Å². The van der Waals surface area contributed by atoms with Crippen LogP contribution in [0.4, 0.5) is 0 Å². The van der Waals surface area contributed by atoms with Gasteiger partial charge in [-0.15, -0.1) is 0 Å². The standard InChI is InChI=1S/C8H6O11/c9-3(7(13)14)1-5(11)17-19-18-6(12)2-4(10)8(15)16/h1-2H2,(H,13,14)(H,15,16). The fourth-order valence-corrected chi connectivity index (χ4v) is 0.565. The molecule has 0 bridgehead atoms. The van der Waals surface area contributed by atoms with Crippen LogP contribution in [0.25, 0.3) is 0 Å². The quantitative estimate of drug-likeness (QED) is 0.218. The molecular formula is C8H6O11. The summed E-state index contributed by atoms with van der Waals surface area (Å²) < 4.78 is 0. The topological polar surface area (TPSA) is 171 Å². The van der Waals surface area contributed by atoms with Gasteiger partial charge in [0.25, 0.3) is 11.6 Å². The molecule has 11 heteroatoms. The molecule has 0 atom stereocenters. The van der Waals surface area contributed by atoms with Crippen molar-refractivity contribution < 1.29 is 53.8 Å². The van der Waals surface area contributed by atoms with Crippen LogP contribution >= 0.6 is 0 Å². The van der Waals surface area contributed by atoms with Crippen molar-refractivity contribution >= 4 is 35.4 Å². The Morgan fingerprint density at radius 1 is 0.684 bits per heavy atom. The van der Waals surface area contributed by atoms with Crippen LogP contribution in [0.5, 0.6) is 0 Å². The van der Waals surface area contributed by atoms with Gasteiger partial charge in [0.1, 0.15) is 12.8 Å². The van der Waals surface area contributed by atoms with Crippen molar-refractivity contribution in [2.24, 2.45) is 0 Å². The van der Waals surface area contributed by atoms with E-state index in [1.807, 2.05) is 0 Å². The van der Waals surface area contributed by atoms with E-state index in [0.717, 1.165) is 0 Å². The van der Waals surface area contributed by atoms with Gasteiger partial charge >= 0.3 is 23.9 Å². The summed E-state index contributed by atoms with van der Waals surface area (Å²) in [5.74, 6) is -9.65. The summed E-state index contributed by atoms with van der Waals surface area (Å²) in [5.41, 5.74) is 0. The molecule has 0 saturated carbocycles. The molecule has 0 aliphatic rings. The van der Waals surface area contributed by atoms with Gasteiger partial charge in [-0.25, -0.2) is 19.2 Å². The van der Waals surface area contributed by atoms with Crippen molar-refractivity contribution in [3.05, 3.63) is 0 Å². The van der Waals surface area contributed by atoms with Crippen LogP contribution in [-0.2, 0) is 43.6 Å². The minimum atomic E-state index is -1.87. The second-order valence-electron chi connectivity index (χ2n) is 2.79. The molecule has 0 aromatic carbocycles. The lowest BCUT2D eigenvalue weighted by Gasteiger charge is -2.00. The van der Waals surface area contributed by atoms with Gasteiger partial charge in [0.05, 0.1) is 0 Å². The lowest BCUT2D eigenvalue weighted by molar-refractivity contribution is -0.458. The second kappa shape index (κ2) is 7.50. The molecule has 0 aliphatic heterocycles. The van der Waals surface area contributed by atoms with E-state index in [0.29, 0.717) is 0 Å². The van der Waals surface area contributed by atoms with E-state index < -0.39 is 48.3 Å². The summed E-state index contributed by atoms with van der Waals surface area (Å²) in [7, 11) is 0. The summed E-state index contributed by atoms with van der Waals surface area (Å²) in [6.45, 7) is 0. The highest BCUT2D eigenvalue weighted by Crippen LogP contribution is 1.94. The lowest BCUT2D eigenvalue weighted by Crippen LogP contribution is -2.21. The molecule has 0 unspecified atom stereocenters. The average Bonchev–Trinajstić information content (AvgIpc) is 2.28. The number of hydrogen-bond donors (Lipinski definition) is 2. The third kappa shape index (κ3) is 7.17. The zero-order valence-electron chi connectivity index (χ0n) is 8.98. The molecule has 0 fully saturated rings. The normalized spacial score (nSPS) is 9.26. The molecular weight excluding hydrogens is 272 g/mol. The predicted octanol–water partition coefficient (Wildman–Crippen LogP) is -1.99.